The van der Waals surface area contributed by atoms with Crippen LogP contribution >= 0.6 is 0 Å². The lowest BCUT2D eigenvalue weighted by Gasteiger charge is -2.28. The van der Waals surface area contributed by atoms with E-state index in [1.807, 2.05) is 0 Å². The van der Waals surface area contributed by atoms with Crippen molar-refractivity contribution in [1.82, 2.24) is 5.32 Å². The van der Waals surface area contributed by atoms with Crippen molar-refractivity contribution < 1.29 is 13.2 Å². The van der Waals surface area contributed by atoms with Crippen molar-refractivity contribution in [2.24, 2.45) is 17.8 Å². The highest BCUT2D eigenvalue weighted by Gasteiger charge is 2.42. The second-order valence-electron chi connectivity index (χ2n) is 8.58. The van der Waals surface area contributed by atoms with Gasteiger partial charge in [-0.3, -0.25) is 4.79 Å². The van der Waals surface area contributed by atoms with Crippen molar-refractivity contribution in [1.29, 1.82) is 0 Å². The summed E-state index contributed by atoms with van der Waals surface area (Å²) in [5.74, 6) is 2.14. The number of hydrogen-bond donors (Lipinski definition) is 1. The molecule has 1 aromatic carbocycles. The van der Waals surface area contributed by atoms with Gasteiger partial charge in [0.25, 0.3) is 5.91 Å². The van der Waals surface area contributed by atoms with E-state index in [2.05, 4.69) is 12.2 Å². The Kier molecular flexibility index (Phi) is 4.84. The molecule has 0 aliphatic heterocycles. The Morgan fingerprint density at radius 3 is 2.31 bits per heavy atom. The van der Waals surface area contributed by atoms with E-state index in [0.717, 1.165) is 37.5 Å². The van der Waals surface area contributed by atoms with Crippen LogP contribution in [0.5, 0.6) is 0 Å². The fourth-order valence-electron chi connectivity index (χ4n) is 5.49. The number of sulfone groups is 1. The number of hydrogen-bond acceptors (Lipinski definition) is 3. The standard InChI is InChI=1S/C21H29NO3S/c1-14(20-13-15-6-7-17(20)12-15)22-21(23)16-8-10-19(11-9-16)26(24,25)18-4-2-3-5-18/h8-11,14-15,17-18,20H,2-7,12-13H2,1H3,(H,22,23)/t14-,15-,17-,20-/m0/s1. The van der Waals surface area contributed by atoms with E-state index in [9.17, 15) is 13.2 Å². The predicted octanol–water partition coefficient (Wildman–Crippen LogP) is 3.96. The SMILES string of the molecule is C[C@H](NC(=O)c1ccc(S(=O)(=O)C2CCCC2)cc1)[C@@H]1C[C@H]2CC[C@H]1C2. The zero-order valence-electron chi connectivity index (χ0n) is 15.5. The average molecular weight is 376 g/mol. The molecule has 4 atom stereocenters. The van der Waals surface area contributed by atoms with Crippen LogP contribution < -0.4 is 5.32 Å². The highest BCUT2D eigenvalue weighted by atomic mass is 32.2. The molecule has 5 heteroatoms. The highest BCUT2D eigenvalue weighted by Crippen LogP contribution is 2.49. The van der Waals surface area contributed by atoms with Gasteiger partial charge in [0, 0.05) is 11.6 Å². The third-order valence-corrected chi connectivity index (χ3v) is 9.26. The van der Waals surface area contributed by atoms with Gasteiger partial charge in [0.1, 0.15) is 0 Å². The summed E-state index contributed by atoms with van der Waals surface area (Å²) in [6.45, 7) is 2.11. The molecule has 3 fully saturated rings. The number of rotatable bonds is 5. The maximum Gasteiger partial charge on any atom is 0.251 e. The molecule has 3 aliphatic rings. The first kappa shape index (κ1) is 18.0. The summed E-state index contributed by atoms with van der Waals surface area (Å²) in [5, 5.41) is 2.90. The van der Waals surface area contributed by atoms with Gasteiger partial charge in [-0.05, 0) is 81.0 Å². The van der Waals surface area contributed by atoms with Crippen LogP contribution in [-0.4, -0.2) is 25.6 Å². The van der Waals surface area contributed by atoms with E-state index in [1.165, 1.54) is 25.7 Å². The van der Waals surface area contributed by atoms with Gasteiger partial charge in [0.15, 0.2) is 9.84 Å². The third kappa shape index (κ3) is 3.30. The minimum Gasteiger partial charge on any atom is -0.349 e. The van der Waals surface area contributed by atoms with Crippen molar-refractivity contribution in [3.05, 3.63) is 29.8 Å². The van der Waals surface area contributed by atoms with Gasteiger partial charge in [-0.25, -0.2) is 8.42 Å². The van der Waals surface area contributed by atoms with E-state index in [1.54, 1.807) is 24.3 Å². The third-order valence-electron chi connectivity index (χ3n) is 6.98. The number of benzene rings is 1. The summed E-state index contributed by atoms with van der Waals surface area (Å²) in [5.41, 5.74) is 0.547. The molecule has 0 unspecified atom stereocenters. The van der Waals surface area contributed by atoms with E-state index in [0.29, 0.717) is 16.4 Å². The zero-order valence-corrected chi connectivity index (χ0v) is 16.3. The smallest absolute Gasteiger partial charge is 0.251 e. The fourth-order valence-corrected chi connectivity index (χ4v) is 7.34. The largest absolute Gasteiger partial charge is 0.349 e. The Morgan fingerprint density at radius 2 is 1.73 bits per heavy atom. The molecule has 3 aliphatic carbocycles. The number of fused-ring (bicyclic) bond motifs is 2. The molecule has 3 saturated carbocycles. The maximum atomic E-state index is 12.6. The van der Waals surface area contributed by atoms with Crippen molar-refractivity contribution in [3.8, 4) is 0 Å². The first-order chi connectivity index (χ1) is 12.4. The van der Waals surface area contributed by atoms with E-state index >= 15 is 0 Å². The molecule has 2 bridgehead atoms. The van der Waals surface area contributed by atoms with E-state index < -0.39 is 9.84 Å². The summed E-state index contributed by atoms with van der Waals surface area (Å²) < 4.78 is 25.3. The van der Waals surface area contributed by atoms with Gasteiger partial charge >= 0.3 is 0 Å². The Labute approximate surface area is 156 Å². The molecule has 1 aromatic rings. The molecule has 4 nitrogen and oxygen atoms in total. The van der Waals surface area contributed by atoms with Gasteiger partial charge in [-0.15, -0.1) is 0 Å². The average Bonchev–Trinajstić information content (AvgIpc) is 3.39. The highest BCUT2D eigenvalue weighted by molar-refractivity contribution is 7.92. The summed E-state index contributed by atoms with van der Waals surface area (Å²) >= 11 is 0. The minimum atomic E-state index is -3.25. The molecule has 0 radical (unpaired) electrons. The lowest BCUT2D eigenvalue weighted by molar-refractivity contribution is 0.0915. The summed E-state index contributed by atoms with van der Waals surface area (Å²) in [7, 11) is -3.25. The first-order valence-electron chi connectivity index (χ1n) is 10.1. The first-order valence-corrected chi connectivity index (χ1v) is 11.6. The molecule has 4 rings (SSSR count). The van der Waals surface area contributed by atoms with Crippen LogP contribution in [0.3, 0.4) is 0 Å². The van der Waals surface area contributed by atoms with Crippen LogP contribution in [0.4, 0.5) is 0 Å². The van der Waals surface area contributed by atoms with Crippen LogP contribution in [0, 0.1) is 17.8 Å². The monoisotopic (exact) mass is 375 g/mol. The molecule has 0 aromatic heterocycles. The number of carbonyl (C=O) groups excluding carboxylic acids is 1. The van der Waals surface area contributed by atoms with Crippen LogP contribution in [-0.2, 0) is 9.84 Å². The molecular weight excluding hydrogens is 346 g/mol. The van der Waals surface area contributed by atoms with E-state index in [-0.39, 0.29) is 17.2 Å². The molecule has 1 N–H and O–H groups in total. The van der Waals surface area contributed by atoms with E-state index in [4.69, 9.17) is 0 Å². The molecule has 26 heavy (non-hydrogen) atoms. The van der Waals surface area contributed by atoms with Crippen molar-refractivity contribution in [3.63, 3.8) is 0 Å². The van der Waals surface area contributed by atoms with Crippen LogP contribution in [0.15, 0.2) is 29.2 Å². The quantitative estimate of drug-likeness (QED) is 0.847. The molecule has 0 saturated heterocycles. The molecular formula is C21H29NO3S. The van der Waals surface area contributed by atoms with Crippen molar-refractivity contribution in [2.45, 2.75) is 74.5 Å². The van der Waals surface area contributed by atoms with Gasteiger partial charge in [-0.2, -0.15) is 0 Å². The van der Waals surface area contributed by atoms with Crippen LogP contribution in [0.2, 0.25) is 0 Å². The molecule has 1 amide bonds. The zero-order chi connectivity index (χ0) is 18.3. The van der Waals surface area contributed by atoms with Crippen LogP contribution in [0.1, 0.15) is 68.6 Å². The summed E-state index contributed by atoms with van der Waals surface area (Å²) in [4.78, 5) is 12.9. The predicted molar refractivity (Wildman–Crippen MR) is 102 cm³/mol. The molecule has 142 valence electrons. The number of amides is 1. The van der Waals surface area contributed by atoms with Crippen molar-refractivity contribution in [2.75, 3.05) is 0 Å². The van der Waals surface area contributed by atoms with Crippen molar-refractivity contribution >= 4 is 15.7 Å². The van der Waals surface area contributed by atoms with Gasteiger partial charge < -0.3 is 5.32 Å². The summed E-state index contributed by atoms with van der Waals surface area (Å²) in [6, 6.07) is 6.70. The Hall–Kier alpha value is -1.36. The normalized spacial score (nSPS) is 29.8. The lowest BCUT2D eigenvalue weighted by atomic mass is 9.84. The summed E-state index contributed by atoms with van der Waals surface area (Å²) in [6.07, 6.45) is 8.74. The maximum absolute atomic E-state index is 12.6. The molecule has 0 heterocycles. The Balaban J connectivity index is 1.41. The molecule has 0 spiro atoms. The second kappa shape index (κ2) is 6.99. The number of nitrogens with one attached hydrogen (secondary N) is 1. The second-order valence-corrected chi connectivity index (χ2v) is 10.8. The minimum absolute atomic E-state index is 0.0925. The Morgan fingerprint density at radius 1 is 1.04 bits per heavy atom. The van der Waals surface area contributed by atoms with Gasteiger partial charge in [0.05, 0.1) is 10.1 Å². The lowest BCUT2D eigenvalue weighted by Crippen LogP contribution is -2.40. The van der Waals surface area contributed by atoms with Crippen LogP contribution in [0.25, 0.3) is 0 Å². The number of carbonyl (C=O) groups is 1. The van der Waals surface area contributed by atoms with Gasteiger partial charge in [0.2, 0.25) is 0 Å². The fraction of sp³-hybridized carbons (Fsp3) is 0.667. The van der Waals surface area contributed by atoms with Gasteiger partial charge in [-0.1, -0.05) is 19.3 Å². The topological polar surface area (TPSA) is 63.2 Å². The Bertz CT molecular complexity index is 765.